The summed E-state index contributed by atoms with van der Waals surface area (Å²) in [5, 5.41) is 16.1. The number of aryl methyl sites for hydroxylation is 2. The summed E-state index contributed by atoms with van der Waals surface area (Å²) in [6.07, 6.45) is 10.1. The number of hydrogen-bond donors (Lipinski definition) is 3. The molecule has 4 aromatic rings. The number of amides is 1. The maximum atomic E-state index is 13.9. The van der Waals surface area contributed by atoms with Crippen LogP contribution in [0.25, 0.3) is 11.1 Å². The number of carbonyl (C=O) groups excluding carboxylic acids is 1. The molecule has 4 heterocycles. The van der Waals surface area contributed by atoms with Gasteiger partial charge in [0.2, 0.25) is 0 Å². The maximum absolute atomic E-state index is 13.9. The molecule has 7 rings (SSSR count). The van der Waals surface area contributed by atoms with E-state index in [4.69, 9.17) is 0 Å². The zero-order chi connectivity index (χ0) is 29.7. The van der Waals surface area contributed by atoms with Crippen molar-refractivity contribution in [2.75, 3.05) is 22.1 Å². The molecule has 1 fully saturated rings. The second kappa shape index (κ2) is 11.0. The van der Waals surface area contributed by atoms with Crippen molar-refractivity contribution in [3.8, 4) is 11.1 Å². The Morgan fingerprint density at radius 1 is 1.05 bits per heavy atom. The van der Waals surface area contributed by atoms with Crippen LogP contribution < -0.4 is 21.1 Å². The van der Waals surface area contributed by atoms with Crippen molar-refractivity contribution < 1.29 is 9.90 Å². The fraction of sp³-hybridized carbons (Fsp3) is 0.382. The van der Waals surface area contributed by atoms with E-state index in [9.17, 15) is 14.7 Å². The largest absolute Gasteiger partial charge is 0.393 e. The molecule has 0 spiro atoms. The number of nitrogens with zero attached hydrogens (tertiary/aromatic N) is 4. The molecule has 0 saturated heterocycles. The van der Waals surface area contributed by atoms with Gasteiger partial charge in [0.15, 0.2) is 0 Å². The third-order valence-corrected chi connectivity index (χ3v) is 9.22. The number of carbonyl (C=O) groups is 1. The predicted octanol–water partition coefficient (Wildman–Crippen LogP) is 5.03. The Labute approximate surface area is 251 Å². The van der Waals surface area contributed by atoms with Crippen LogP contribution in [0.15, 0.2) is 59.7 Å². The molecule has 0 atom stereocenters. The Morgan fingerprint density at radius 2 is 1.88 bits per heavy atom. The molecule has 0 bridgehead atoms. The zero-order valence-electron chi connectivity index (χ0n) is 24.8. The molecule has 222 valence electrons. The van der Waals surface area contributed by atoms with Gasteiger partial charge in [0.1, 0.15) is 17.2 Å². The fourth-order valence-electron chi connectivity index (χ4n) is 6.92. The van der Waals surface area contributed by atoms with Crippen LogP contribution in [-0.4, -0.2) is 43.8 Å². The van der Waals surface area contributed by atoms with E-state index >= 15 is 0 Å². The van der Waals surface area contributed by atoms with Gasteiger partial charge in [-0.25, -0.2) is 4.98 Å². The van der Waals surface area contributed by atoms with E-state index in [2.05, 4.69) is 39.2 Å². The number of pyridine rings is 2. The smallest absolute Gasteiger partial charge is 0.274 e. The quantitative estimate of drug-likeness (QED) is 0.284. The van der Waals surface area contributed by atoms with E-state index in [0.717, 1.165) is 72.4 Å². The number of aliphatic hydroxyl groups excluding tert-OH is 1. The van der Waals surface area contributed by atoms with E-state index in [1.807, 2.05) is 41.4 Å². The minimum atomic E-state index is -0.221. The second-order valence-electron chi connectivity index (χ2n) is 12.1. The monoisotopic (exact) mass is 578 g/mol. The first-order valence-corrected chi connectivity index (χ1v) is 15.4. The molecule has 3 aromatic heterocycles. The Kier molecular flexibility index (Phi) is 7.05. The second-order valence-corrected chi connectivity index (χ2v) is 12.1. The van der Waals surface area contributed by atoms with Gasteiger partial charge in [-0.15, -0.1) is 0 Å². The minimum Gasteiger partial charge on any atom is -0.393 e. The van der Waals surface area contributed by atoms with Gasteiger partial charge in [0.25, 0.3) is 11.5 Å². The first kappa shape index (κ1) is 27.5. The van der Waals surface area contributed by atoms with E-state index in [0.29, 0.717) is 18.1 Å². The molecular formula is C34H38N6O3. The van der Waals surface area contributed by atoms with E-state index in [1.54, 1.807) is 17.8 Å². The molecule has 1 aliphatic heterocycles. The number of aliphatic hydroxyl groups is 1. The normalized spacial score (nSPS) is 19.4. The molecule has 1 aromatic carbocycles. The van der Waals surface area contributed by atoms with Crippen LogP contribution in [0.2, 0.25) is 0 Å². The third-order valence-electron chi connectivity index (χ3n) is 9.22. The first-order chi connectivity index (χ1) is 20.9. The number of rotatable bonds is 7. The summed E-state index contributed by atoms with van der Waals surface area (Å²) in [7, 11) is 1.75. The molecule has 3 aliphatic rings. The van der Waals surface area contributed by atoms with Crippen LogP contribution in [0, 0.1) is 0 Å². The molecular weight excluding hydrogens is 540 g/mol. The highest BCUT2D eigenvalue weighted by molar-refractivity contribution is 6.07. The molecule has 1 amide bonds. The summed E-state index contributed by atoms with van der Waals surface area (Å²) < 4.78 is 3.84. The molecule has 43 heavy (non-hydrogen) atoms. The van der Waals surface area contributed by atoms with Crippen molar-refractivity contribution in [1.29, 1.82) is 0 Å². The van der Waals surface area contributed by atoms with Crippen molar-refractivity contribution >= 4 is 28.8 Å². The van der Waals surface area contributed by atoms with E-state index in [1.165, 1.54) is 24.1 Å². The summed E-state index contributed by atoms with van der Waals surface area (Å²) in [6.45, 7) is 3.56. The van der Waals surface area contributed by atoms with Crippen LogP contribution in [0.1, 0.15) is 59.9 Å². The zero-order valence-corrected chi connectivity index (χ0v) is 24.8. The molecule has 1 saturated carbocycles. The predicted molar refractivity (Wildman–Crippen MR) is 169 cm³/mol. The minimum absolute atomic E-state index is 0.0628. The van der Waals surface area contributed by atoms with Crippen LogP contribution in [0.5, 0.6) is 0 Å². The first-order valence-electron chi connectivity index (χ1n) is 15.4. The molecule has 0 unspecified atom stereocenters. The third kappa shape index (κ3) is 5.01. The number of benzene rings is 1. The summed E-state index contributed by atoms with van der Waals surface area (Å²) in [4.78, 5) is 33.4. The molecule has 9 nitrogen and oxygen atoms in total. The van der Waals surface area contributed by atoms with Crippen molar-refractivity contribution in [3.63, 3.8) is 0 Å². The number of nitrogens with one attached hydrogen (secondary N) is 2. The van der Waals surface area contributed by atoms with Gasteiger partial charge in [0, 0.05) is 49.3 Å². The lowest BCUT2D eigenvalue weighted by atomic mass is 9.89. The molecule has 9 heteroatoms. The maximum Gasteiger partial charge on any atom is 0.274 e. The summed E-state index contributed by atoms with van der Waals surface area (Å²) in [6, 6.07) is 14.1. The van der Waals surface area contributed by atoms with Gasteiger partial charge in [0.05, 0.1) is 18.0 Å². The van der Waals surface area contributed by atoms with Gasteiger partial charge in [-0.1, -0.05) is 19.1 Å². The van der Waals surface area contributed by atoms with Crippen LogP contribution in [-0.2, 0) is 32.9 Å². The fourth-order valence-corrected chi connectivity index (χ4v) is 6.92. The number of anilines is 4. The highest BCUT2D eigenvalue weighted by atomic mass is 16.3. The highest BCUT2D eigenvalue weighted by Crippen LogP contribution is 2.36. The van der Waals surface area contributed by atoms with E-state index < -0.39 is 0 Å². The van der Waals surface area contributed by atoms with Gasteiger partial charge < -0.3 is 29.8 Å². The van der Waals surface area contributed by atoms with E-state index in [-0.39, 0.29) is 23.6 Å². The Hall–Kier alpha value is -4.37. The number of hydrogen-bond acceptors (Lipinski definition) is 6. The molecule has 2 aliphatic carbocycles. The molecule has 0 radical (unpaired) electrons. The Bertz CT molecular complexity index is 1750. The van der Waals surface area contributed by atoms with Gasteiger partial charge in [-0.2, -0.15) is 0 Å². The summed E-state index contributed by atoms with van der Waals surface area (Å²) in [5.41, 5.74) is 8.57. The van der Waals surface area contributed by atoms with Crippen molar-refractivity contribution in [2.24, 2.45) is 7.05 Å². The van der Waals surface area contributed by atoms with Gasteiger partial charge in [-0.05, 0) is 92.0 Å². The lowest BCUT2D eigenvalue weighted by Crippen LogP contribution is -2.41. The van der Waals surface area contributed by atoms with Crippen LogP contribution in [0.3, 0.4) is 0 Å². The lowest BCUT2D eigenvalue weighted by Gasteiger charge is -2.32. The van der Waals surface area contributed by atoms with Crippen LogP contribution >= 0.6 is 0 Å². The Morgan fingerprint density at radius 3 is 2.65 bits per heavy atom. The molecule has 3 N–H and O–H groups in total. The standard InChI is InChI=1S/C34H38N6O3/c1-3-26-27(8-6-10-30(26)40-14-13-39-29-9-5-4-7-21(29)16-31(39)34(40)43)22-15-28(33(42)38(2)20-22)37-32-12-11-23(19-35-32)36-24-17-25(41)18-24/h6,8,10-12,15-16,19-20,24-25,36,41H,3-5,7,9,13-14,17-18H2,1-2H3,(H,35,37). The lowest BCUT2D eigenvalue weighted by molar-refractivity contribution is 0.0836. The number of aromatic nitrogens is 3. The number of fused-ring (bicyclic) bond motifs is 3. The van der Waals surface area contributed by atoms with Crippen molar-refractivity contribution in [2.45, 2.75) is 70.6 Å². The summed E-state index contributed by atoms with van der Waals surface area (Å²) >= 11 is 0. The topological polar surface area (TPSA) is 104 Å². The average Bonchev–Trinajstić information content (AvgIpc) is 3.39. The summed E-state index contributed by atoms with van der Waals surface area (Å²) in [5.74, 6) is 0.635. The average molecular weight is 579 g/mol. The van der Waals surface area contributed by atoms with Gasteiger partial charge in [-0.3, -0.25) is 9.59 Å². The van der Waals surface area contributed by atoms with Crippen molar-refractivity contribution in [1.82, 2.24) is 14.1 Å². The van der Waals surface area contributed by atoms with Gasteiger partial charge >= 0.3 is 0 Å². The highest BCUT2D eigenvalue weighted by Gasteiger charge is 2.31. The Balaban J connectivity index is 1.18. The SMILES string of the molecule is CCc1c(-c2cc(Nc3ccc(NC4CC(O)C4)cn3)c(=O)n(C)c2)cccc1N1CCn2c(cc3c2CCCC3)C1=O. The van der Waals surface area contributed by atoms with Crippen molar-refractivity contribution in [3.05, 3.63) is 87.7 Å². The van der Waals surface area contributed by atoms with Crippen LogP contribution in [0.4, 0.5) is 22.9 Å².